The van der Waals surface area contributed by atoms with Gasteiger partial charge in [-0.25, -0.2) is 4.79 Å². The highest BCUT2D eigenvalue weighted by Gasteiger charge is 2.26. The van der Waals surface area contributed by atoms with Gasteiger partial charge in [-0.2, -0.15) is 0 Å². The van der Waals surface area contributed by atoms with Crippen molar-refractivity contribution in [2.75, 3.05) is 16.8 Å². The van der Waals surface area contributed by atoms with Gasteiger partial charge in [-0.05, 0) is 30.2 Å². The zero-order valence-corrected chi connectivity index (χ0v) is 11.1. The lowest BCUT2D eigenvalue weighted by molar-refractivity contribution is 0.256. The molecule has 0 bridgehead atoms. The van der Waals surface area contributed by atoms with Gasteiger partial charge in [0, 0.05) is 24.0 Å². The molecular weight excluding hydrogens is 250 g/mol. The minimum absolute atomic E-state index is 0.0218. The Morgan fingerprint density at radius 1 is 1.10 bits per heavy atom. The average molecular weight is 267 g/mol. The molecule has 1 unspecified atom stereocenters. The summed E-state index contributed by atoms with van der Waals surface area (Å²) in [6.45, 7) is 0.537. The number of hydrogen-bond acceptors (Lipinski definition) is 2. The van der Waals surface area contributed by atoms with E-state index in [-0.39, 0.29) is 12.1 Å². The van der Waals surface area contributed by atoms with Crippen LogP contribution < -0.4 is 16.0 Å². The first-order valence-electron chi connectivity index (χ1n) is 6.71. The van der Waals surface area contributed by atoms with E-state index in [1.165, 1.54) is 0 Å². The third kappa shape index (κ3) is 2.51. The van der Waals surface area contributed by atoms with Crippen molar-refractivity contribution in [3.63, 3.8) is 0 Å². The molecule has 0 radical (unpaired) electrons. The average Bonchev–Trinajstić information content (AvgIpc) is 2.47. The lowest BCUT2D eigenvalue weighted by Crippen LogP contribution is -2.47. The molecule has 0 saturated heterocycles. The van der Waals surface area contributed by atoms with E-state index in [9.17, 15) is 4.79 Å². The summed E-state index contributed by atoms with van der Waals surface area (Å²) in [6, 6.07) is 17.2. The molecule has 4 nitrogen and oxygen atoms in total. The number of anilines is 2. The number of rotatable bonds is 1. The summed E-state index contributed by atoms with van der Waals surface area (Å²) in [6.07, 6.45) is 0.811. The molecule has 0 fully saturated rings. The number of hydrogen-bond donors (Lipinski definition) is 2. The molecule has 1 aliphatic rings. The maximum absolute atomic E-state index is 12.4. The number of benzene rings is 2. The monoisotopic (exact) mass is 267 g/mol. The Labute approximate surface area is 118 Å². The first kappa shape index (κ1) is 12.7. The van der Waals surface area contributed by atoms with Gasteiger partial charge in [0.05, 0.1) is 0 Å². The van der Waals surface area contributed by atoms with Gasteiger partial charge in [-0.15, -0.1) is 0 Å². The van der Waals surface area contributed by atoms with Crippen molar-refractivity contribution in [3.8, 4) is 0 Å². The van der Waals surface area contributed by atoms with Crippen LogP contribution in [-0.4, -0.2) is 18.6 Å². The third-order valence-electron chi connectivity index (χ3n) is 3.45. The highest BCUT2D eigenvalue weighted by molar-refractivity contribution is 6.02. The largest absolute Gasteiger partial charge is 0.326 e. The molecule has 2 aromatic rings. The Hall–Kier alpha value is -2.33. The molecule has 20 heavy (non-hydrogen) atoms. The minimum atomic E-state index is -0.140. The SMILES string of the molecule is NC1Cc2ccccc2N(C(=O)Nc2ccccc2)C1. The number of nitrogens with one attached hydrogen (secondary N) is 1. The van der Waals surface area contributed by atoms with E-state index in [1.807, 2.05) is 54.6 Å². The summed E-state index contributed by atoms with van der Waals surface area (Å²) < 4.78 is 0. The molecule has 4 heteroatoms. The van der Waals surface area contributed by atoms with Gasteiger partial charge in [0.1, 0.15) is 0 Å². The molecule has 0 aromatic heterocycles. The third-order valence-corrected chi connectivity index (χ3v) is 3.45. The number of amides is 2. The van der Waals surface area contributed by atoms with Crippen LogP contribution in [0.5, 0.6) is 0 Å². The second-order valence-electron chi connectivity index (χ2n) is 5.00. The molecule has 0 spiro atoms. The van der Waals surface area contributed by atoms with Crippen LogP contribution in [0.25, 0.3) is 0 Å². The van der Waals surface area contributed by atoms with Gasteiger partial charge in [0.25, 0.3) is 0 Å². The Balaban J connectivity index is 1.85. The minimum Gasteiger partial charge on any atom is -0.326 e. The molecule has 0 aliphatic carbocycles. The van der Waals surface area contributed by atoms with Gasteiger partial charge in [0.2, 0.25) is 0 Å². The zero-order chi connectivity index (χ0) is 13.9. The molecule has 3 N–H and O–H groups in total. The van der Waals surface area contributed by atoms with Crippen LogP contribution in [0.2, 0.25) is 0 Å². The molecule has 3 rings (SSSR count). The Morgan fingerprint density at radius 3 is 2.60 bits per heavy atom. The Kier molecular flexibility index (Phi) is 3.39. The van der Waals surface area contributed by atoms with E-state index < -0.39 is 0 Å². The van der Waals surface area contributed by atoms with Crippen LogP contribution >= 0.6 is 0 Å². The van der Waals surface area contributed by atoms with Crippen molar-refractivity contribution >= 4 is 17.4 Å². The molecule has 2 amide bonds. The number of fused-ring (bicyclic) bond motifs is 1. The highest BCUT2D eigenvalue weighted by Crippen LogP contribution is 2.26. The second kappa shape index (κ2) is 5.35. The summed E-state index contributed by atoms with van der Waals surface area (Å²) in [5.41, 5.74) is 8.90. The van der Waals surface area contributed by atoms with Crippen molar-refractivity contribution < 1.29 is 4.79 Å². The lowest BCUT2D eigenvalue weighted by atomic mass is 9.99. The predicted octanol–water partition coefficient (Wildman–Crippen LogP) is 2.61. The fourth-order valence-electron chi connectivity index (χ4n) is 2.53. The van der Waals surface area contributed by atoms with Gasteiger partial charge in [0.15, 0.2) is 0 Å². The van der Waals surface area contributed by atoms with Crippen molar-refractivity contribution in [2.45, 2.75) is 12.5 Å². The van der Waals surface area contributed by atoms with Crippen LogP contribution in [-0.2, 0) is 6.42 Å². The number of carbonyl (C=O) groups is 1. The van der Waals surface area contributed by atoms with Crippen molar-refractivity contribution in [2.24, 2.45) is 5.73 Å². The van der Waals surface area contributed by atoms with E-state index >= 15 is 0 Å². The van der Waals surface area contributed by atoms with Crippen LogP contribution in [0.3, 0.4) is 0 Å². The van der Waals surface area contributed by atoms with Gasteiger partial charge in [-0.1, -0.05) is 36.4 Å². The van der Waals surface area contributed by atoms with Crippen LogP contribution in [0.1, 0.15) is 5.56 Å². The molecule has 0 saturated carbocycles. The maximum atomic E-state index is 12.4. The summed E-state index contributed by atoms with van der Waals surface area (Å²) in [4.78, 5) is 14.2. The van der Waals surface area contributed by atoms with Crippen molar-refractivity contribution in [1.82, 2.24) is 0 Å². The molecule has 1 aliphatic heterocycles. The number of urea groups is 1. The first-order chi connectivity index (χ1) is 9.74. The van der Waals surface area contributed by atoms with E-state index in [2.05, 4.69) is 5.32 Å². The predicted molar refractivity (Wildman–Crippen MR) is 80.9 cm³/mol. The Morgan fingerprint density at radius 2 is 1.80 bits per heavy atom. The topological polar surface area (TPSA) is 58.4 Å². The standard InChI is InChI=1S/C16H17N3O/c17-13-10-12-6-4-5-9-15(12)19(11-13)16(20)18-14-7-2-1-3-8-14/h1-9,13H,10-11,17H2,(H,18,20). The highest BCUT2D eigenvalue weighted by atomic mass is 16.2. The fourth-order valence-corrected chi connectivity index (χ4v) is 2.53. The smallest absolute Gasteiger partial charge is 0.326 e. The molecule has 2 aromatic carbocycles. The summed E-state index contributed by atoms with van der Waals surface area (Å²) in [5, 5.41) is 2.90. The second-order valence-corrected chi connectivity index (χ2v) is 5.00. The van der Waals surface area contributed by atoms with E-state index in [4.69, 9.17) is 5.73 Å². The van der Waals surface area contributed by atoms with E-state index in [0.29, 0.717) is 6.54 Å². The summed E-state index contributed by atoms with van der Waals surface area (Å²) in [5.74, 6) is 0. The van der Waals surface area contributed by atoms with Crippen molar-refractivity contribution in [1.29, 1.82) is 0 Å². The number of carbonyl (C=O) groups excluding carboxylic acids is 1. The van der Waals surface area contributed by atoms with Gasteiger partial charge in [-0.3, -0.25) is 4.90 Å². The zero-order valence-electron chi connectivity index (χ0n) is 11.1. The van der Waals surface area contributed by atoms with E-state index in [1.54, 1.807) is 4.90 Å². The molecular formula is C16H17N3O. The van der Waals surface area contributed by atoms with Crippen molar-refractivity contribution in [3.05, 3.63) is 60.2 Å². The number of nitrogens with zero attached hydrogens (tertiary/aromatic N) is 1. The number of nitrogens with two attached hydrogens (primary N) is 1. The van der Waals surface area contributed by atoms with Gasteiger partial charge >= 0.3 is 6.03 Å². The molecule has 102 valence electrons. The normalized spacial score (nSPS) is 17.4. The van der Waals surface area contributed by atoms with E-state index in [0.717, 1.165) is 23.4 Å². The maximum Gasteiger partial charge on any atom is 0.326 e. The number of para-hydroxylation sites is 2. The van der Waals surface area contributed by atoms with Crippen LogP contribution in [0.15, 0.2) is 54.6 Å². The summed E-state index contributed by atoms with van der Waals surface area (Å²) >= 11 is 0. The van der Waals surface area contributed by atoms with Gasteiger partial charge < -0.3 is 11.1 Å². The lowest BCUT2D eigenvalue weighted by Gasteiger charge is -2.33. The van der Waals surface area contributed by atoms with Crippen LogP contribution in [0, 0.1) is 0 Å². The molecule has 1 atom stereocenters. The van der Waals surface area contributed by atoms with Crippen LogP contribution in [0.4, 0.5) is 16.2 Å². The quantitative estimate of drug-likeness (QED) is 0.834. The first-order valence-corrected chi connectivity index (χ1v) is 6.71. The molecule has 1 heterocycles. The Bertz CT molecular complexity index is 612. The summed E-state index contributed by atoms with van der Waals surface area (Å²) in [7, 11) is 0. The fraction of sp³-hybridized carbons (Fsp3) is 0.188.